The number of aromatic nitrogens is 4. The molecule has 0 bridgehead atoms. The average molecular weight is 475 g/mol. The quantitative estimate of drug-likeness (QED) is 0.211. The van der Waals surface area contributed by atoms with Crippen LogP contribution < -0.4 is 10.6 Å². The number of hydrogen-bond acceptors (Lipinski definition) is 4. The molecule has 0 spiro atoms. The number of anilines is 2. The number of imidazole rings is 2. The summed E-state index contributed by atoms with van der Waals surface area (Å²) in [6.45, 7) is 7.30. The van der Waals surface area contributed by atoms with Gasteiger partial charge < -0.3 is 20.6 Å². The van der Waals surface area contributed by atoms with Gasteiger partial charge in [-0.15, -0.1) is 0 Å². The number of aromatic amines is 2. The van der Waals surface area contributed by atoms with Gasteiger partial charge in [0.05, 0.1) is 23.8 Å². The van der Waals surface area contributed by atoms with Crippen LogP contribution in [0.15, 0.2) is 97.5 Å². The maximum atomic E-state index is 11.2. The van der Waals surface area contributed by atoms with E-state index in [4.69, 9.17) is 0 Å². The van der Waals surface area contributed by atoms with Crippen molar-refractivity contribution in [3.63, 3.8) is 0 Å². The van der Waals surface area contributed by atoms with Crippen molar-refractivity contribution < 1.29 is 4.79 Å². The lowest BCUT2D eigenvalue weighted by atomic mass is 10.1. The standard InChI is InChI=1S/C29H26N6O/c1-18(2)32-24-11-7-20(8-12-24)26-16-30-28(34-26)22-5-4-6-23(15-22)29-31-17-27(35-29)21-9-13-25(14-10-21)33-19(3)36/h4-17,32H,1H2,2-3H3,(H,30,34)(H,31,35)(H,33,36). The molecule has 0 radical (unpaired) electrons. The molecule has 0 aliphatic rings. The van der Waals surface area contributed by atoms with E-state index < -0.39 is 0 Å². The summed E-state index contributed by atoms with van der Waals surface area (Å²) in [5, 5.41) is 5.99. The molecule has 1 amide bonds. The van der Waals surface area contributed by atoms with Gasteiger partial charge in [0.2, 0.25) is 5.91 Å². The van der Waals surface area contributed by atoms with Gasteiger partial charge in [0.1, 0.15) is 11.6 Å². The minimum atomic E-state index is -0.0936. The Labute approximate surface area is 209 Å². The molecule has 3 aromatic carbocycles. The number of amides is 1. The number of allylic oxidation sites excluding steroid dienone is 1. The molecular weight excluding hydrogens is 448 g/mol. The first-order valence-corrected chi connectivity index (χ1v) is 11.6. The summed E-state index contributed by atoms with van der Waals surface area (Å²) in [5.41, 5.74) is 8.47. The highest BCUT2D eigenvalue weighted by Gasteiger charge is 2.10. The van der Waals surface area contributed by atoms with E-state index in [1.807, 2.05) is 86.0 Å². The topological polar surface area (TPSA) is 98.5 Å². The van der Waals surface area contributed by atoms with Gasteiger partial charge in [-0.25, -0.2) is 9.97 Å². The first-order chi connectivity index (χ1) is 17.4. The van der Waals surface area contributed by atoms with Crippen molar-refractivity contribution in [3.8, 4) is 45.3 Å². The number of carbonyl (C=O) groups excluding carboxylic acids is 1. The molecule has 0 atom stereocenters. The second kappa shape index (κ2) is 9.76. The average Bonchev–Trinajstić information content (AvgIpc) is 3.55. The zero-order valence-corrected chi connectivity index (χ0v) is 20.1. The number of nitrogens with one attached hydrogen (secondary N) is 4. The number of nitrogens with zero attached hydrogens (tertiary/aromatic N) is 2. The fraction of sp³-hybridized carbons (Fsp3) is 0.0690. The third-order valence-electron chi connectivity index (χ3n) is 5.63. The van der Waals surface area contributed by atoms with Crippen molar-refractivity contribution in [2.75, 3.05) is 10.6 Å². The molecule has 7 nitrogen and oxygen atoms in total. The number of H-pyrrole nitrogens is 2. The van der Waals surface area contributed by atoms with E-state index in [1.165, 1.54) is 6.92 Å². The molecule has 0 aliphatic carbocycles. The third kappa shape index (κ3) is 5.10. The van der Waals surface area contributed by atoms with Crippen molar-refractivity contribution in [1.29, 1.82) is 0 Å². The van der Waals surface area contributed by atoms with Gasteiger partial charge >= 0.3 is 0 Å². The maximum absolute atomic E-state index is 11.2. The zero-order chi connectivity index (χ0) is 25.1. The van der Waals surface area contributed by atoms with Gasteiger partial charge in [0.15, 0.2) is 0 Å². The Morgan fingerprint density at radius 2 is 1.17 bits per heavy atom. The first-order valence-electron chi connectivity index (χ1n) is 11.6. The van der Waals surface area contributed by atoms with Crippen LogP contribution in [0.25, 0.3) is 45.3 Å². The predicted molar refractivity (Wildman–Crippen MR) is 145 cm³/mol. The Hall–Kier alpha value is -4.91. The molecule has 2 heterocycles. The molecule has 0 saturated carbocycles. The molecule has 5 aromatic rings. The highest BCUT2D eigenvalue weighted by atomic mass is 16.1. The van der Waals surface area contributed by atoms with Crippen molar-refractivity contribution in [2.24, 2.45) is 0 Å². The molecular formula is C29H26N6O. The summed E-state index contributed by atoms with van der Waals surface area (Å²) < 4.78 is 0. The van der Waals surface area contributed by atoms with Gasteiger partial charge in [-0.3, -0.25) is 4.79 Å². The highest BCUT2D eigenvalue weighted by Crippen LogP contribution is 2.28. The molecule has 0 aliphatic heterocycles. The lowest BCUT2D eigenvalue weighted by Crippen LogP contribution is -2.05. The number of benzene rings is 3. The van der Waals surface area contributed by atoms with Gasteiger partial charge in [-0.05, 0) is 48.4 Å². The minimum Gasteiger partial charge on any atom is -0.360 e. The van der Waals surface area contributed by atoms with E-state index in [0.29, 0.717) is 0 Å². The Morgan fingerprint density at radius 3 is 1.61 bits per heavy atom. The van der Waals surface area contributed by atoms with E-state index in [-0.39, 0.29) is 5.91 Å². The predicted octanol–water partition coefficient (Wildman–Crippen LogP) is 6.70. The van der Waals surface area contributed by atoms with Crippen LogP contribution in [0.4, 0.5) is 11.4 Å². The van der Waals surface area contributed by atoms with Crippen LogP contribution in [0.5, 0.6) is 0 Å². The van der Waals surface area contributed by atoms with Crippen LogP contribution in [0.2, 0.25) is 0 Å². The monoisotopic (exact) mass is 474 g/mol. The molecule has 178 valence electrons. The Bertz CT molecular complexity index is 1410. The fourth-order valence-electron chi connectivity index (χ4n) is 3.96. The van der Waals surface area contributed by atoms with Crippen LogP contribution in [-0.4, -0.2) is 25.8 Å². The Morgan fingerprint density at radius 1 is 0.694 bits per heavy atom. The van der Waals surface area contributed by atoms with E-state index in [1.54, 1.807) is 0 Å². The smallest absolute Gasteiger partial charge is 0.221 e. The van der Waals surface area contributed by atoms with Crippen molar-refractivity contribution in [2.45, 2.75) is 13.8 Å². The second-order valence-electron chi connectivity index (χ2n) is 8.61. The highest BCUT2D eigenvalue weighted by molar-refractivity contribution is 5.89. The summed E-state index contributed by atoms with van der Waals surface area (Å²) in [6, 6.07) is 23.9. The van der Waals surface area contributed by atoms with E-state index >= 15 is 0 Å². The lowest BCUT2D eigenvalue weighted by molar-refractivity contribution is -0.114. The Balaban J connectivity index is 1.35. The van der Waals surface area contributed by atoms with E-state index in [0.717, 1.165) is 62.4 Å². The number of carbonyl (C=O) groups is 1. The molecule has 0 unspecified atom stereocenters. The second-order valence-corrected chi connectivity index (χ2v) is 8.61. The molecule has 0 saturated heterocycles. The SMILES string of the molecule is C=C(C)Nc1ccc(-c2cnc(-c3cccc(-c4ncc(-c5ccc(NC(C)=O)cc5)[nH]4)c3)[nH]2)cc1. The van der Waals surface area contributed by atoms with Gasteiger partial charge in [-0.1, -0.05) is 49.0 Å². The number of hydrogen-bond donors (Lipinski definition) is 4. The molecule has 2 aromatic heterocycles. The van der Waals surface area contributed by atoms with Crippen LogP contribution in [-0.2, 0) is 4.79 Å². The summed E-state index contributed by atoms with van der Waals surface area (Å²) in [5.74, 6) is 1.46. The fourth-order valence-corrected chi connectivity index (χ4v) is 3.96. The summed E-state index contributed by atoms with van der Waals surface area (Å²) in [4.78, 5) is 27.2. The van der Waals surface area contributed by atoms with Crippen LogP contribution in [0, 0.1) is 0 Å². The van der Waals surface area contributed by atoms with Crippen molar-refractivity contribution >= 4 is 17.3 Å². The largest absolute Gasteiger partial charge is 0.360 e. The lowest BCUT2D eigenvalue weighted by Gasteiger charge is -2.05. The maximum Gasteiger partial charge on any atom is 0.221 e. The molecule has 0 fully saturated rings. The van der Waals surface area contributed by atoms with Crippen LogP contribution in [0.3, 0.4) is 0 Å². The third-order valence-corrected chi connectivity index (χ3v) is 5.63. The van der Waals surface area contributed by atoms with Gasteiger partial charge in [0.25, 0.3) is 0 Å². The first kappa shape index (κ1) is 22.9. The molecule has 36 heavy (non-hydrogen) atoms. The van der Waals surface area contributed by atoms with Crippen molar-refractivity contribution in [3.05, 3.63) is 97.5 Å². The van der Waals surface area contributed by atoms with Gasteiger partial charge in [-0.2, -0.15) is 0 Å². The zero-order valence-electron chi connectivity index (χ0n) is 20.1. The van der Waals surface area contributed by atoms with E-state index in [2.05, 4.69) is 43.2 Å². The summed E-state index contributed by atoms with van der Waals surface area (Å²) in [6.07, 6.45) is 3.66. The normalized spacial score (nSPS) is 10.7. The van der Waals surface area contributed by atoms with Crippen LogP contribution >= 0.6 is 0 Å². The van der Waals surface area contributed by atoms with Crippen molar-refractivity contribution in [1.82, 2.24) is 19.9 Å². The van der Waals surface area contributed by atoms with Crippen LogP contribution in [0.1, 0.15) is 13.8 Å². The van der Waals surface area contributed by atoms with Gasteiger partial charge in [0, 0.05) is 35.1 Å². The summed E-state index contributed by atoms with van der Waals surface area (Å²) >= 11 is 0. The minimum absolute atomic E-state index is 0.0936. The Kier molecular flexibility index (Phi) is 6.19. The number of rotatable bonds is 7. The van der Waals surface area contributed by atoms with E-state index in [9.17, 15) is 4.79 Å². The molecule has 7 heteroatoms. The summed E-state index contributed by atoms with van der Waals surface area (Å²) in [7, 11) is 0. The molecule has 5 rings (SSSR count). The molecule has 4 N–H and O–H groups in total.